The van der Waals surface area contributed by atoms with Gasteiger partial charge in [0.15, 0.2) is 0 Å². The van der Waals surface area contributed by atoms with Crippen LogP contribution in [-0.2, 0) is 9.59 Å². The molecule has 2 rings (SSSR count). The lowest BCUT2D eigenvalue weighted by Crippen LogP contribution is -2.44. The van der Waals surface area contributed by atoms with Gasteiger partial charge in [-0.15, -0.1) is 0 Å². The summed E-state index contributed by atoms with van der Waals surface area (Å²) in [5.41, 5.74) is 0. The Balaban J connectivity index is 1.76. The largest absolute Gasteiger partial charge is 0.497 e. The molecule has 0 atom stereocenters. The summed E-state index contributed by atoms with van der Waals surface area (Å²) >= 11 is 0. The molecule has 0 saturated heterocycles. The van der Waals surface area contributed by atoms with Crippen molar-refractivity contribution in [3.05, 3.63) is 24.3 Å². The molecule has 1 aliphatic rings. The molecule has 6 nitrogen and oxygen atoms in total. The second-order valence-electron chi connectivity index (χ2n) is 6.72. The maximum Gasteiger partial charge on any atom is 0.239 e. The van der Waals surface area contributed by atoms with Crippen LogP contribution in [0.2, 0.25) is 0 Å². The number of hydrogen-bond acceptors (Lipinski definition) is 4. The summed E-state index contributed by atoms with van der Waals surface area (Å²) in [6.45, 7) is 2.27. The lowest BCUT2D eigenvalue weighted by molar-refractivity contribution is -0.135. The Morgan fingerprint density at radius 3 is 2.27 bits per heavy atom. The second kappa shape index (κ2) is 10.7. The highest BCUT2D eigenvalue weighted by Crippen LogP contribution is 2.18. The fraction of sp³-hybridized carbons (Fsp3) is 0.600. The Labute approximate surface area is 155 Å². The van der Waals surface area contributed by atoms with Crippen LogP contribution >= 0.6 is 0 Å². The van der Waals surface area contributed by atoms with Crippen molar-refractivity contribution in [2.75, 3.05) is 26.8 Å². The van der Waals surface area contributed by atoms with E-state index < -0.39 is 0 Å². The number of ether oxygens (including phenoxy) is 2. The van der Waals surface area contributed by atoms with Gasteiger partial charge in [-0.25, -0.2) is 0 Å². The summed E-state index contributed by atoms with van der Waals surface area (Å²) in [5, 5.41) is 3.08. The van der Waals surface area contributed by atoms with E-state index in [1.807, 2.05) is 24.3 Å². The quantitative estimate of drug-likeness (QED) is 0.722. The number of nitrogens with one attached hydrogen (secondary N) is 1. The average molecular weight is 362 g/mol. The summed E-state index contributed by atoms with van der Waals surface area (Å²) < 4.78 is 10.8. The molecule has 1 aromatic rings. The van der Waals surface area contributed by atoms with Crippen molar-refractivity contribution in [1.29, 1.82) is 0 Å². The minimum absolute atomic E-state index is 0.0812. The predicted molar refractivity (Wildman–Crippen MR) is 100 cm³/mol. The predicted octanol–water partition coefficient (Wildman–Crippen LogP) is 2.76. The van der Waals surface area contributed by atoms with Gasteiger partial charge in [0.2, 0.25) is 11.8 Å². The molecule has 2 amide bonds. The summed E-state index contributed by atoms with van der Waals surface area (Å²) in [6, 6.07) is 7.51. The highest BCUT2D eigenvalue weighted by atomic mass is 16.5. The SMILES string of the molecule is COc1ccc(OCCN(CC(=O)NC2CCCCCC2)C(C)=O)cc1. The monoisotopic (exact) mass is 362 g/mol. The molecule has 1 fully saturated rings. The van der Waals surface area contributed by atoms with Crippen LogP contribution in [0.3, 0.4) is 0 Å². The van der Waals surface area contributed by atoms with Gasteiger partial charge in [0.1, 0.15) is 18.1 Å². The van der Waals surface area contributed by atoms with E-state index in [2.05, 4.69) is 5.32 Å². The van der Waals surface area contributed by atoms with Crippen LogP contribution in [0.25, 0.3) is 0 Å². The van der Waals surface area contributed by atoms with Gasteiger partial charge in [-0.2, -0.15) is 0 Å². The summed E-state index contributed by atoms with van der Waals surface area (Å²) in [4.78, 5) is 25.6. The fourth-order valence-corrected chi connectivity index (χ4v) is 3.16. The number of nitrogens with zero attached hydrogens (tertiary/aromatic N) is 1. The number of rotatable bonds is 8. The third-order valence-electron chi connectivity index (χ3n) is 4.69. The first-order valence-electron chi connectivity index (χ1n) is 9.40. The maximum atomic E-state index is 12.3. The topological polar surface area (TPSA) is 67.9 Å². The average Bonchev–Trinajstić information content (AvgIpc) is 2.90. The van der Waals surface area contributed by atoms with E-state index in [-0.39, 0.29) is 24.4 Å². The smallest absolute Gasteiger partial charge is 0.239 e. The van der Waals surface area contributed by atoms with E-state index in [9.17, 15) is 9.59 Å². The van der Waals surface area contributed by atoms with E-state index in [0.29, 0.717) is 18.9 Å². The van der Waals surface area contributed by atoms with Gasteiger partial charge in [0.25, 0.3) is 0 Å². The zero-order chi connectivity index (χ0) is 18.8. The Bertz CT molecular complexity index is 566. The van der Waals surface area contributed by atoms with Crippen LogP contribution in [0.1, 0.15) is 45.4 Å². The Kier molecular flexibility index (Phi) is 8.25. The Hall–Kier alpha value is -2.24. The number of methoxy groups -OCH3 is 1. The van der Waals surface area contributed by atoms with Crippen molar-refractivity contribution in [2.24, 2.45) is 0 Å². The van der Waals surface area contributed by atoms with Crippen molar-refractivity contribution in [2.45, 2.75) is 51.5 Å². The van der Waals surface area contributed by atoms with Crippen LogP contribution in [-0.4, -0.2) is 49.6 Å². The van der Waals surface area contributed by atoms with Crippen molar-refractivity contribution in [1.82, 2.24) is 10.2 Å². The normalized spacial score (nSPS) is 15.0. The van der Waals surface area contributed by atoms with Crippen LogP contribution in [0.5, 0.6) is 11.5 Å². The first-order valence-corrected chi connectivity index (χ1v) is 9.40. The summed E-state index contributed by atoms with van der Waals surface area (Å²) in [6.07, 6.45) is 6.89. The molecule has 144 valence electrons. The van der Waals surface area contributed by atoms with Gasteiger partial charge < -0.3 is 19.7 Å². The van der Waals surface area contributed by atoms with Gasteiger partial charge >= 0.3 is 0 Å². The first kappa shape index (κ1) is 20.1. The molecule has 0 spiro atoms. The highest BCUT2D eigenvalue weighted by molar-refractivity contribution is 5.83. The molecule has 26 heavy (non-hydrogen) atoms. The van der Waals surface area contributed by atoms with E-state index in [4.69, 9.17) is 9.47 Å². The number of carbonyl (C=O) groups excluding carboxylic acids is 2. The molecule has 6 heteroatoms. The zero-order valence-electron chi connectivity index (χ0n) is 15.8. The molecule has 0 aromatic heterocycles. The van der Waals surface area contributed by atoms with E-state index in [0.717, 1.165) is 31.4 Å². The van der Waals surface area contributed by atoms with Gasteiger partial charge in [0.05, 0.1) is 20.2 Å². The van der Waals surface area contributed by atoms with Gasteiger partial charge in [0, 0.05) is 13.0 Å². The zero-order valence-corrected chi connectivity index (χ0v) is 15.8. The lowest BCUT2D eigenvalue weighted by atomic mass is 10.1. The standard InChI is InChI=1S/C20H30N2O4/c1-16(23)22(13-14-26-19-11-9-18(25-2)10-12-19)15-20(24)21-17-7-5-3-4-6-8-17/h9-12,17H,3-8,13-15H2,1-2H3,(H,21,24). The molecule has 0 heterocycles. The third-order valence-corrected chi connectivity index (χ3v) is 4.69. The molecular formula is C20H30N2O4. The van der Waals surface area contributed by atoms with E-state index >= 15 is 0 Å². The lowest BCUT2D eigenvalue weighted by Gasteiger charge is -2.23. The molecule has 1 saturated carbocycles. The number of hydrogen-bond donors (Lipinski definition) is 1. The Morgan fingerprint density at radius 2 is 1.69 bits per heavy atom. The van der Waals surface area contributed by atoms with E-state index in [1.165, 1.54) is 24.7 Å². The first-order chi connectivity index (χ1) is 12.6. The molecule has 0 unspecified atom stereocenters. The number of carbonyl (C=O) groups is 2. The molecule has 1 aliphatic carbocycles. The molecular weight excluding hydrogens is 332 g/mol. The second-order valence-corrected chi connectivity index (χ2v) is 6.72. The minimum atomic E-state index is -0.126. The van der Waals surface area contributed by atoms with Gasteiger partial charge in [-0.1, -0.05) is 25.7 Å². The number of benzene rings is 1. The van der Waals surface area contributed by atoms with Crippen molar-refractivity contribution < 1.29 is 19.1 Å². The molecule has 0 radical (unpaired) electrons. The van der Waals surface area contributed by atoms with Crippen molar-refractivity contribution >= 4 is 11.8 Å². The minimum Gasteiger partial charge on any atom is -0.497 e. The van der Waals surface area contributed by atoms with Gasteiger partial charge in [-0.05, 0) is 37.1 Å². The van der Waals surface area contributed by atoms with Crippen molar-refractivity contribution in [3.8, 4) is 11.5 Å². The fourth-order valence-electron chi connectivity index (χ4n) is 3.16. The molecule has 0 bridgehead atoms. The van der Waals surface area contributed by atoms with Crippen LogP contribution in [0.15, 0.2) is 24.3 Å². The van der Waals surface area contributed by atoms with E-state index in [1.54, 1.807) is 7.11 Å². The molecule has 1 N–H and O–H groups in total. The van der Waals surface area contributed by atoms with Crippen LogP contribution in [0, 0.1) is 0 Å². The maximum absolute atomic E-state index is 12.3. The summed E-state index contributed by atoms with van der Waals surface area (Å²) in [5.74, 6) is 1.26. The molecule has 1 aromatic carbocycles. The number of amides is 2. The van der Waals surface area contributed by atoms with Crippen LogP contribution < -0.4 is 14.8 Å². The van der Waals surface area contributed by atoms with Crippen LogP contribution in [0.4, 0.5) is 0 Å². The van der Waals surface area contributed by atoms with Gasteiger partial charge in [-0.3, -0.25) is 9.59 Å². The Morgan fingerprint density at radius 1 is 1.08 bits per heavy atom. The van der Waals surface area contributed by atoms with Crippen molar-refractivity contribution in [3.63, 3.8) is 0 Å². The third kappa shape index (κ3) is 6.94. The molecule has 0 aliphatic heterocycles. The highest BCUT2D eigenvalue weighted by Gasteiger charge is 2.18. The summed E-state index contributed by atoms with van der Waals surface area (Å²) in [7, 11) is 1.61.